The first kappa shape index (κ1) is 16.3. The summed E-state index contributed by atoms with van der Waals surface area (Å²) < 4.78 is 0. The zero-order valence-corrected chi connectivity index (χ0v) is 14.4. The van der Waals surface area contributed by atoms with Crippen molar-refractivity contribution < 1.29 is 0 Å². The van der Waals surface area contributed by atoms with Crippen LogP contribution in [0.25, 0.3) is 16.5 Å². The number of hydrogen-bond donors (Lipinski definition) is 1. The van der Waals surface area contributed by atoms with E-state index >= 15 is 0 Å². The summed E-state index contributed by atoms with van der Waals surface area (Å²) >= 11 is 7.85. The van der Waals surface area contributed by atoms with Gasteiger partial charge in [-0.1, -0.05) is 43.2 Å². The van der Waals surface area contributed by atoms with Gasteiger partial charge in [0.05, 0.1) is 0 Å². The normalized spacial score (nSPS) is 12.1. The van der Waals surface area contributed by atoms with Crippen molar-refractivity contribution in [2.45, 2.75) is 20.8 Å². The number of thiophene rings is 1. The maximum atomic E-state index is 6.05. The Labute approximate surface area is 136 Å². The third-order valence-corrected chi connectivity index (χ3v) is 4.40. The number of hydrogen-bond acceptors (Lipinski definition) is 2. The first-order chi connectivity index (χ1) is 10.0. The van der Waals surface area contributed by atoms with E-state index in [1.807, 2.05) is 18.2 Å². The van der Waals surface area contributed by atoms with Crippen LogP contribution in [0.5, 0.6) is 0 Å². The smallest absolute Gasteiger partial charge is 0.0412 e. The first-order valence-electron chi connectivity index (χ1n) is 7.28. The van der Waals surface area contributed by atoms with Gasteiger partial charge in [-0.25, -0.2) is 0 Å². The molecule has 0 fully saturated rings. The van der Waals surface area contributed by atoms with Gasteiger partial charge < -0.3 is 5.32 Å². The van der Waals surface area contributed by atoms with Gasteiger partial charge in [-0.2, -0.15) is 0 Å². The summed E-state index contributed by atoms with van der Waals surface area (Å²) in [4.78, 5) is 2.54. The van der Waals surface area contributed by atoms with Gasteiger partial charge in [0.15, 0.2) is 0 Å². The zero-order chi connectivity index (χ0) is 15.2. The van der Waals surface area contributed by atoms with Crippen molar-refractivity contribution in [2.75, 3.05) is 13.1 Å². The molecule has 0 spiro atoms. The minimum absolute atomic E-state index is 0.689. The summed E-state index contributed by atoms with van der Waals surface area (Å²) in [5.41, 5.74) is 2.54. The maximum absolute atomic E-state index is 6.05. The molecule has 0 saturated carbocycles. The summed E-state index contributed by atoms with van der Waals surface area (Å²) in [6, 6.07) is 12.3. The molecule has 1 heterocycles. The van der Waals surface area contributed by atoms with E-state index in [1.165, 1.54) is 20.9 Å². The molecule has 0 unspecified atom stereocenters. The number of halogens is 1. The average Bonchev–Trinajstić information content (AvgIpc) is 2.86. The number of nitrogens with one attached hydrogen (secondary N) is 1. The highest BCUT2D eigenvalue weighted by Crippen LogP contribution is 2.30. The lowest BCUT2D eigenvalue weighted by Crippen LogP contribution is -2.21. The molecule has 0 aliphatic heterocycles. The molecule has 0 radical (unpaired) electrons. The van der Waals surface area contributed by atoms with Crippen LogP contribution >= 0.6 is 22.9 Å². The summed E-state index contributed by atoms with van der Waals surface area (Å²) in [5.74, 6) is 0.689. The van der Waals surface area contributed by atoms with Crippen molar-refractivity contribution in [1.29, 1.82) is 0 Å². The molecule has 1 aromatic heterocycles. The molecule has 0 atom stereocenters. The molecular weight excluding hydrogens is 298 g/mol. The monoisotopic (exact) mass is 319 g/mol. The van der Waals surface area contributed by atoms with Crippen molar-refractivity contribution in [1.82, 2.24) is 5.32 Å². The van der Waals surface area contributed by atoms with Crippen molar-refractivity contribution >= 4 is 29.0 Å². The van der Waals surface area contributed by atoms with Crippen LogP contribution < -0.4 is 5.32 Å². The number of benzene rings is 1. The van der Waals surface area contributed by atoms with E-state index in [2.05, 4.69) is 50.4 Å². The van der Waals surface area contributed by atoms with Crippen molar-refractivity contribution in [3.8, 4) is 10.4 Å². The summed E-state index contributed by atoms with van der Waals surface area (Å²) in [7, 11) is 0. The Balaban J connectivity index is 2.02. The van der Waals surface area contributed by atoms with Gasteiger partial charge in [-0.05, 0) is 55.3 Å². The van der Waals surface area contributed by atoms with Gasteiger partial charge >= 0.3 is 0 Å². The molecule has 112 valence electrons. The van der Waals surface area contributed by atoms with Crippen molar-refractivity contribution in [2.24, 2.45) is 5.92 Å². The minimum Gasteiger partial charge on any atom is -0.313 e. The van der Waals surface area contributed by atoms with Crippen LogP contribution in [0, 0.1) is 5.92 Å². The molecule has 0 amide bonds. The largest absolute Gasteiger partial charge is 0.313 e. The molecule has 1 N–H and O–H groups in total. The van der Waals surface area contributed by atoms with E-state index in [1.54, 1.807) is 11.3 Å². The molecule has 2 aromatic rings. The molecule has 1 nitrogen and oxygen atoms in total. The topological polar surface area (TPSA) is 12.0 Å². The molecule has 0 aliphatic rings. The van der Waals surface area contributed by atoms with Crippen LogP contribution in [-0.2, 0) is 0 Å². The van der Waals surface area contributed by atoms with Crippen molar-refractivity contribution in [3.05, 3.63) is 51.9 Å². The van der Waals surface area contributed by atoms with Gasteiger partial charge in [-0.3, -0.25) is 0 Å². The molecule has 0 bridgehead atoms. The molecule has 3 heteroatoms. The predicted octanol–water partition coefficient (Wildman–Crippen LogP) is 5.72. The van der Waals surface area contributed by atoms with E-state index < -0.39 is 0 Å². The second-order valence-corrected chi connectivity index (χ2v) is 7.28. The van der Waals surface area contributed by atoms with Crippen LogP contribution in [0.1, 0.15) is 25.6 Å². The Morgan fingerprint density at radius 1 is 1.29 bits per heavy atom. The van der Waals surface area contributed by atoms with Crippen LogP contribution in [0.2, 0.25) is 5.02 Å². The predicted molar refractivity (Wildman–Crippen MR) is 96.1 cm³/mol. The SMILES string of the molecule is CC(=Cc1ccc(-c2cccc(Cl)c2)s1)CNCC(C)C. The molecule has 2 rings (SSSR count). The fraction of sp³-hybridized carbons (Fsp3) is 0.333. The van der Waals surface area contributed by atoms with E-state index in [9.17, 15) is 0 Å². The van der Waals surface area contributed by atoms with Crippen molar-refractivity contribution in [3.63, 3.8) is 0 Å². The van der Waals surface area contributed by atoms with Crippen LogP contribution in [-0.4, -0.2) is 13.1 Å². The highest BCUT2D eigenvalue weighted by molar-refractivity contribution is 7.16. The third kappa shape index (κ3) is 5.31. The Morgan fingerprint density at radius 2 is 2.10 bits per heavy atom. The molecule has 0 saturated heterocycles. The minimum atomic E-state index is 0.689. The number of rotatable bonds is 6. The van der Waals surface area contributed by atoms with E-state index in [4.69, 9.17) is 11.6 Å². The highest BCUT2D eigenvalue weighted by atomic mass is 35.5. The van der Waals surface area contributed by atoms with Gasteiger partial charge in [-0.15, -0.1) is 11.3 Å². The second-order valence-electron chi connectivity index (χ2n) is 5.73. The zero-order valence-electron chi connectivity index (χ0n) is 12.8. The van der Waals surface area contributed by atoms with E-state index in [0.717, 1.165) is 18.1 Å². The van der Waals surface area contributed by atoms with Gasteiger partial charge in [0.25, 0.3) is 0 Å². The molecule has 1 aromatic carbocycles. The maximum Gasteiger partial charge on any atom is 0.0412 e. The first-order valence-corrected chi connectivity index (χ1v) is 8.47. The van der Waals surface area contributed by atoms with E-state index in [0.29, 0.717) is 5.92 Å². The lowest BCUT2D eigenvalue weighted by molar-refractivity contribution is 0.572. The quantitative estimate of drug-likeness (QED) is 0.718. The Hall–Kier alpha value is -1.09. The lowest BCUT2D eigenvalue weighted by Gasteiger charge is -2.07. The molecular formula is C18H22ClNS. The van der Waals surface area contributed by atoms with Crippen LogP contribution in [0.4, 0.5) is 0 Å². The lowest BCUT2D eigenvalue weighted by atomic mass is 10.2. The summed E-state index contributed by atoms with van der Waals surface area (Å²) in [6.45, 7) is 8.63. The molecule has 21 heavy (non-hydrogen) atoms. The van der Waals surface area contributed by atoms with Gasteiger partial charge in [0.1, 0.15) is 0 Å². The summed E-state index contributed by atoms with van der Waals surface area (Å²) in [5, 5.41) is 4.25. The van der Waals surface area contributed by atoms with E-state index in [-0.39, 0.29) is 0 Å². The Morgan fingerprint density at radius 3 is 2.81 bits per heavy atom. The Kier molecular flexibility index (Phi) is 6.04. The van der Waals surface area contributed by atoms with Gasteiger partial charge in [0.2, 0.25) is 0 Å². The average molecular weight is 320 g/mol. The second kappa shape index (κ2) is 7.79. The van der Waals surface area contributed by atoms with Crippen LogP contribution in [0.15, 0.2) is 42.0 Å². The fourth-order valence-electron chi connectivity index (χ4n) is 2.08. The highest BCUT2D eigenvalue weighted by Gasteiger charge is 2.02. The standard InChI is InChI=1S/C18H22ClNS/c1-13(2)11-20-12-14(3)9-17-7-8-18(21-17)15-5-4-6-16(19)10-15/h4-10,13,20H,11-12H2,1-3H3. The summed E-state index contributed by atoms with van der Waals surface area (Å²) in [6.07, 6.45) is 2.26. The molecule has 0 aliphatic carbocycles. The van der Waals surface area contributed by atoms with Crippen LogP contribution in [0.3, 0.4) is 0 Å². The third-order valence-electron chi connectivity index (χ3n) is 3.08. The van der Waals surface area contributed by atoms with Gasteiger partial charge in [0, 0.05) is 21.3 Å². The Bertz CT molecular complexity index is 613. The fourth-order valence-corrected chi connectivity index (χ4v) is 3.30.